The smallest absolute Gasteiger partial charge is 0.307 e. The molecule has 1 amide bonds. The average molecular weight is 283 g/mol. The summed E-state index contributed by atoms with van der Waals surface area (Å²) in [6.07, 6.45) is 8.91. The second-order valence-electron chi connectivity index (χ2n) is 5.33. The van der Waals surface area contributed by atoms with Gasteiger partial charge in [0.15, 0.2) is 0 Å². The summed E-state index contributed by atoms with van der Waals surface area (Å²) in [5, 5.41) is 12.2. The van der Waals surface area contributed by atoms with Crippen molar-refractivity contribution in [3.8, 4) is 0 Å². The van der Waals surface area contributed by atoms with Crippen molar-refractivity contribution < 1.29 is 14.7 Å². The quantitative estimate of drug-likeness (QED) is 0.552. The number of unbranched alkanes of at least 4 members (excludes halogenated alkanes) is 1. The zero-order valence-electron chi connectivity index (χ0n) is 11.2. The number of hydrogen-bond acceptors (Lipinski definition) is 3. The lowest BCUT2D eigenvalue weighted by Crippen LogP contribution is -2.40. The predicted octanol–water partition coefficient (Wildman–Crippen LogP) is 1.77. The molecule has 1 fully saturated rings. The highest BCUT2D eigenvalue weighted by molar-refractivity contribution is 7.98. The number of rotatable bonds is 7. The summed E-state index contributed by atoms with van der Waals surface area (Å²) < 4.78 is 0. The van der Waals surface area contributed by atoms with Crippen molar-refractivity contribution in [2.75, 3.05) is 18.6 Å². The first kappa shape index (κ1) is 14.4. The Labute approximate surface area is 118 Å². The summed E-state index contributed by atoms with van der Waals surface area (Å²) in [5.74, 6) is -0.529. The van der Waals surface area contributed by atoms with Crippen LogP contribution in [0.3, 0.4) is 0 Å². The van der Waals surface area contributed by atoms with E-state index in [0.717, 1.165) is 25.0 Å². The number of carbonyl (C=O) groups excluding carboxylic acids is 1. The molecular weight excluding hydrogens is 262 g/mol. The van der Waals surface area contributed by atoms with E-state index in [1.807, 2.05) is 12.2 Å². The van der Waals surface area contributed by atoms with E-state index in [0.29, 0.717) is 6.54 Å². The van der Waals surface area contributed by atoms with Gasteiger partial charge in [-0.25, -0.2) is 0 Å². The summed E-state index contributed by atoms with van der Waals surface area (Å²) in [6, 6.07) is 0. The second kappa shape index (κ2) is 6.46. The van der Waals surface area contributed by atoms with Gasteiger partial charge in [-0.3, -0.25) is 9.59 Å². The van der Waals surface area contributed by atoms with Crippen LogP contribution in [0.15, 0.2) is 12.2 Å². The molecule has 0 saturated heterocycles. The normalized spacial score (nSPS) is 31.6. The number of fused-ring (bicyclic) bond motifs is 2. The minimum absolute atomic E-state index is 0.0507. The average Bonchev–Trinajstić information content (AvgIpc) is 2.98. The number of carbonyl (C=O) groups is 2. The topological polar surface area (TPSA) is 66.4 Å². The van der Waals surface area contributed by atoms with Crippen LogP contribution in [0.5, 0.6) is 0 Å². The Kier molecular flexibility index (Phi) is 4.91. The van der Waals surface area contributed by atoms with Crippen molar-refractivity contribution in [1.29, 1.82) is 0 Å². The molecule has 2 rings (SSSR count). The van der Waals surface area contributed by atoms with E-state index in [1.165, 1.54) is 0 Å². The van der Waals surface area contributed by atoms with Gasteiger partial charge < -0.3 is 10.4 Å². The van der Waals surface area contributed by atoms with Crippen LogP contribution >= 0.6 is 11.8 Å². The van der Waals surface area contributed by atoms with Crippen molar-refractivity contribution in [3.05, 3.63) is 12.2 Å². The summed E-state index contributed by atoms with van der Waals surface area (Å²) >= 11 is 1.80. The van der Waals surface area contributed by atoms with Gasteiger partial charge in [-0.05, 0) is 43.1 Å². The Morgan fingerprint density at radius 3 is 2.58 bits per heavy atom. The number of nitrogens with one attached hydrogen (secondary N) is 1. The van der Waals surface area contributed by atoms with Gasteiger partial charge in [0, 0.05) is 6.54 Å². The van der Waals surface area contributed by atoms with Gasteiger partial charge in [0.1, 0.15) is 0 Å². The van der Waals surface area contributed by atoms with E-state index in [2.05, 4.69) is 11.6 Å². The monoisotopic (exact) mass is 283 g/mol. The highest BCUT2D eigenvalue weighted by Gasteiger charge is 2.51. The van der Waals surface area contributed by atoms with Crippen LogP contribution in [0, 0.1) is 23.7 Å². The molecule has 0 radical (unpaired) electrons. The van der Waals surface area contributed by atoms with Crippen molar-refractivity contribution >= 4 is 23.6 Å². The SMILES string of the molecule is CSCCCCNC(=O)C1C2C=CC(C2)C1C(=O)O. The maximum atomic E-state index is 12.2. The molecule has 106 valence electrons. The lowest BCUT2D eigenvalue weighted by Gasteiger charge is -2.23. The lowest BCUT2D eigenvalue weighted by molar-refractivity contribution is -0.147. The number of amides is 1. The van der Waals surface area contributed by atoms with Gasteiger partial charge >= 0.3 is 5.97 Å². The van der Waals surface area contributed by atoms with Crippen LogP contribution in [0.2, 0.25) is 0 Å². The van der Waals surface area contributed by atoms with Crippen LogP contribution in [-0.2, 0) is 9.59 Å². The number of aliphatic carboxylic acids is 1. The van der Waals surface area contributed by atoms with Crippen molar-refractivity contribution in [2.45, 2.75) is 19.3 Å². The molecular formula is C14H21NO3S. The second-order valence-corrected chi connectivity index (χ2v) is 6.31. The highest BCUT2D eigenvalue weighted by atomic mass is 32.2. The van der Waals surface area contributed by atoms with E-state index < -0.39 is 11.9 Å². The molecule has 4 nitrogen and oxygen atoms in total. The highest BCUT2D eigenvalue weighted by Crippen LogP contribution is 2.48. The molecule has 0 aromatic carbocycles. The summed E-state index contributed by atoms with van der Waals surface area (Å²) in [6.45, 7) is 0.656. The minimum atomic E-state index is -0.834. The third kappa shape index (κ3) is 3.14. The Morgan fingerprint density at radius 2 is 1.95 bits per heavy atom. The molecule has 4 unspecified atom stereocenters. The van der Waals surface area contributed by atoms with Crippen LogP contribution in [0.25, 0.3) is 0 Å². The van der Waals surface area contributed by atoms with E-state index in [9.17, 15) is 14.7 Å². The fourth-order valence-electron chi connectivity index (χ4n) is 3.22. The Hall–Kier alpha value is -0.970. The van der Waals surface area contributed by atoms with Crippen molar-refractivity contribution in [1.82, 2.24) is 5.32 Å². The third-order valence-electron chi connectivity index (χ3n) is 4.12. The fourth-order valence-corrected chi connectivity index (χ4v) is 3.71. The zero-order valence-corrected chi connectivity index (χ0v) is 12.0. The first-order chi connectivity index (χ1) is 9.15. The number of carboxylic acids is 1. The maximum absolute atomic E-state index is 12.2. The number of allylic oxidation sites excluding steroid dienone is 2. The molecule has 2 bridgehead atoms. The van der Waals surface area contributed by atoms with Gasteiger partial charge in [0.25, 0.3) is 0 Å². The molecule has 0 aromatic heterocycles. The van der Waals surface area contributed by atoms with E-state index >= 15 is 0 Å². The predicted molar refractivity (Wildman–Crippen MR) is 76.0 cm³/mol. The number of carboxylic acid groups (broad SMARTS) is 1. The molecule has 2 aliphatic rings. The van der Waals surface area contributed by atoms with Crippen LogP contribution < -0.4 is 5.32 Å². The van der Waals surface area contributed by atoms with Crippen LogP contribution in [0.1, 0.15) is 19.3 Å². The van der Waals surface area contributed by atoms with Crippen molar-refractivity contribution in [2.24, 2.45) is 23.7 Å². The molecule has 2 aliphatic carbocycles. The summed E-state index contributed by atoms with van der Waals surface area (Å²) in [4.78, 5) is 23.5. The molecule has 0 heterocycles. The third-order valence-corrected chi connectivity index (χ3v) is 4.82. The first-order valence-corrected chi connectivity index (χ1v) is 8.22. The lowest BCUT2D eigenvalue weighted by atomic mass is 9.82. The molecule has 0 spiro atoms. The van der Waals surface area contributed by atoms with E-state index in [4.69, 9.17) is 0 Å². The molecule has 4 atom stereocenters. The molecule has 1 saturated carbocycles. The molecule has 5 heteroatoms. The van der Waals surface area contributed by atoms with Crippen molar-refractivity contribution in [3.63, 3.8) is 0 Å². The number of hydrogen-bond donors (Lipinski definition) is 2. The fraction of sp³-hybridized carbons (Fsp3) is 0.714. The molecule has 19 heavy (non-hydrogen) atoms. The van der Waals surface area contributed by atoms with Gasteiger partial charge in [0.2, 0.25) is 5.91 Å². The Morgan fingerprint density at radius 1 is 1.26 bits per heavy atom. The van der Waals surface area contributed by atoms with E-state index in [1.54, 1.807) is 11.8 Å². The summed E-state index contributed by atoms with van der Waals surface area (Å²) in [5.41, 5.74) is 0. The zero-order chi connectivity index (χ0) is 13.8. The maximum Gasteiger partial charge on any atom is 0.307 e. The van der Waals surface area contributed by atoms with Crippen LogP contribution in [-0.4, -0.2) is 35.5 Å². The molecule has 2 N–H and O–H groups in total. The first-order valence-electron chi connectivity index (χ1n) is 6.83. The van der Waals surface area contributed by atoms with Gasteiger partial charge in [-0.1, -0.05) is 12.2 Å². The Balaban J connectivity index is 1.84. The standard InChI is InChI=1S/C14H21NO3S/c1-19-7-3-2-6-15-13(16)11-9-4-5-10(8-9)12(11)14(17)18/h4-5,9-12H,2-3,6-8H2,1H3,(H,15,16)(H,17,18). The number of thioether (sulfide) groups is 1. The minimum Gasteiger partial charge on any atom is -0.481 e. The van der Waals surface area contributed by atoms with Crippen LogP contribution in [0.4, 0.5) is 0 Å². The molecule has 0 aromatic rings. The van der Waals surface area contributed by atoms with Gasteiger partial charge in [-0.15, -0.1) is 0 Å². The molecule has 0 aliphatic heterocycles. The van der Waals surface area contributed by atoms with E-state index in [-0.39, 0.29) is 23.7 Å². The largest absolute Gasteiger partial charge is 0.481 e. The Bertz CT molecular complexity index is 383. The van der Waals surface area contributed by atoms with Gasteiger partial charge in [0.05, 0.1) is 11.8 Å². The van der Waals surface area contributed by atoms with Gasteiger partial charge in [-0.2, -0.15) is 11.8 Å². The summed E-state index contributed by atoms with van der Waals surface area (Å²) in [7, 11) is 0.